The first-order valence-corrected chi connectivity index (χ1v) is 11.7. The lowest BCUT2D eigenvalue weighted by Crippen LogP contribution is -2.42. The number of hydrogen-bond donors (Lipinski definition) is 0. The Hall–Kier alpha value is -2.70. The lowest BCUT2D eigenvalue weighted by Gasteiger charge is -2.18. The second kappa shape index (κ2) is 10.5. The number of nitro benzene ring substituents is 1. The number of thioether (sulfide) groups is 1. The molecular weight excluding hydrogens is 584 g/mol. The van der Waals surface area contributed by atoms with Gasteiger partial charge in [-0.1, -0.05) is 0 Å². The molecule has 3 rings (SSSR count). The third kappa shape index (κ3) is 5.63. The second-order valence-electron chi connectivity index (χ2n) is 6.78. The van der Waals surface area contributed by atoms with E-state index in [1.54, 1.807) is 30.3 Å². The number of benzene rings is 2. The molecule has 1 atom stereocenters. The van der Waals surface area contributed by atoms with Crippen molar-refractivity contribution in [3.8, 4) is 5.75 Å². The van der Waals surface area contributed by atoms with Gasteiger partial charge in [-0.25, -0.2) is 4.79 Å². The van der Waals surface area contributed by atoms with Crippen LogP contribution in [0.1, 0.15) is 18.1 Å². The summed E-state index contributed by atoms with van der Waals surface area (Å²) < 4.78 is 11.6. The van der Waals surface area contributed by atoms with E-state index in [0.717, 1.165) is 22.2 Å². The van der Waals surface area contributed by atoms with Crippen LogP contribution in [0, 0.1) is 10.1 Å². The Labute approximate surface area is 209 Å². The van der Waals surface area contributed by atoms with E-state index >= 15 is 0 Å². The summed E-state index contributed by atoms with van der Waals surface area (Å²) in [6, 6.07) is 8.43. The van der Waals surface area contributed by atoms with Crippen molar-refractivity contribution in [3.05, 3.63) is 71.5 Å². The molecule has 0 spiro atoms. The molecule has 0 bridgehead atoms. The zero-order chi connectivity index (χ0) is 24.3. The van der Waals surface area contributed by atoms with Crippen LogP contribution >= 0.6 is 43.6 Å². The third-order valence-corrected chi connectivity index (χ3v) is 6.66. The average molecular weight is 600 g/mol. The van der Waals surface area contributed by atoms with Crippen molar-refractivity contribution in [2.45, 2.75) is 19.6 Å². The molecule has 1 saturated heterocycles. The highest BCUT2D eigenvalue weighted by molar-refractivity contribution is 9.11. The van der Waals surface area contributed by atoms with Gasteiger partial charge in [0.2, 0.25) is 0 Å². The first kappa shape index (κ1) is 24.9. The molecule has 0 unspecified atom stereocenters. The van der Waals surface area contributed by atoms with Crippen molar-refractivity contribution in [1.82, 2.24) is 4.90 Å². The van der Waals surface area contributed by atoms with E-state index in [9.17, 15) is 24.5 Å². The maximum atomic E-state index is 12.7. The first-order valence-electron chi connectivity index (χ1n) is 9.32. The summed E-state index contributed by atoms with van der Waals surface area (Å²) in [5.74, 6) is -0.759. The van der Waals surface area contributed by atoms with Gasteiger partial charge in [0.25, 0.3) is 16.8 Å². The van der Waals surface area contributed by atoms with Gasteiger partial charge in [-0.3, -0.25) is 24.6 Å². The number of hydrogen-bond acceptors (Lipinski definition) is 8. The van der Waals surface area contributed by atoms with E-state index < -0.39 is 28.1 Å². The van der Waals surface area contributed by atoms with E-state index in [4.69, 9.17) is 4.74 Å². The number of carbonyl (C=O) groups is 3. The summed E-state index contributed by atoms with van der Waals surface area (Å²) in [6.45, 7) is 1.61. The van der Waals surface area contributed by atoms with Crippen LogP contribution in [-0.2, 0) is 20.9 Å². The maximum Gasteiger partial charge on any atom is 0.328 e. The lowest BCUT2D eigenvalue weighted by atomic mass is 10.2. The van der Waals surface area contributed by atoms with Crippen LogP contribution < -0.4 is 4.74 Å². The van der Waals surface area contributed by atoms with Crippen LogP contribution in [0.25, 0.3) is 6.08 Å². The molecule has 12 heteroatoms. The molecule has 1 aliphatic rings. The number of halogens is 2. The average Bonchev–Trinajstić information content (AvgIpc) is 3.05. The first-order chi connectivity index (χ1) is 15.6. The second-order valence-corrected chi connectivity index (χ2v) is 9.48. The molecule has 1 aliphatic heterocycles. The zero-order valence-corrected chi connectivity index (χ0v) is 21.2. The molecule has 0 radical (unpaired) electrons. The summed E-state index contributed by atoms with van der Waals surface area (Å²) in [7, 11) is 1.19. The van der Waals surface area contributed by atoms with Crippen LogP contribution in [-0.4, -0.2) is 40.1 Å². The molecule has 9 nitrogen and oxygen atoms in total. The van der Waals surface area contributed by atoms with Crippen molar-refractivity contribution >= 4 is 72.5 Å². The molecule has 0 aliphatic carbocycles. The minimum Gasteiger partial charge on any atom is -0.487 e. The van der Waals surface area contributed by atoms with E-state index in [2.05, 4.69) is 36.6 Å². The Morgan fingerprint density at radius 3 is 2.36 bits per heavy atom. The summed E-state index contributed by atoms with van der Waals surface area (Å²) in [5, 5.41) is 10.2. The summed E-state index contributed by atoms with van der Waals surface area (Å²) in [4.78, 5) is 48.0. The van der Waals surface area contributed by atoms with E-state index in [1.165, 1.54) is 26.2 Å². The fraction of sp³-hybridized carbons (Fsp3) is 0.190. The summed E-state index contributed by atoms with van der Waals surface area (Å²) in [5.41, 5.74) is 1.36. The number of imide groups is 1. The molecule has 1 heterocycles. The van der Waals surface area contributed by atoms with Crippen LogP contribution in [0.5, 0.6) is 5.75 Å². The smallest absolute Gasteiger partial charge is 0.328 e. The van der Waals surface area contributed by atoms with Gasteiger partial charge < -0.3 is 9.47 Å². The lowest BCUT2D eigenvalue weighted by molar-refractivity contribution is -0.384. The molecule has 172 valence electrons. The molecule has 0 N–H and O–H groups in total. The number of rotatable bonds is 7. The molecule has 33 heavy (non-hydrogen) atoms. The summed E-state index contributed by atoms with van der Waals surface area (Å²) >= 11 is 7.62. The Balaban J connectivity index is 1.76. The van der Waals surface area contributed by atoms with Crippen LogP contribution in [0.2, 0.25) is 0 Å². The van der Waals surface area contributed by atoms with Gasteiger partial charge in [0.15, 0.2) is 0 Å². The molecular formula is C21H16Br2N2O7S. The number of esters is 1. The van der Waals surface area contributed by atoms with Crippen molar-refractivity contribution in [2.75, 3.05) is 7.11 Å². The highest BCUT2D eigenvalue weighted by Crippen LogP contribution is 2.38. The topological polar surface area (TPSA) is 116 Å². The molecule has 2 aromatic carbocycles. The predicted molar refractivity (Wildman–Crippen MR) is 129 cm³/mol. The van der Waals surface area contributed by atoms with Gasteiger partial charge in [-0.2, -0.15) is 0 Å². The number of non-ortho nitro benzene ring substituents is 1. The van der Waals surface area contributed by atoms with Crippen molar-refractivity contribution in [1.29, 1.82) is 0 Å². The largest absolute Gasteiger partial charge is 0.487 e. The van der Waals surface area contributed by atoms with E-state index in [0.29, 0.717) is 20.3 Å². The standard InChI is InChI=1S/C21H16Br2N2O7S/c1-11(20(27)31-2)24-19(26)17(33-21(24)28)9-13-7-15(22)18(16(23)8-13)32-10-12-3-5-14(6-4-12)25(29)30/h3-9,11H,10H2,1-2H3/b17-9+/t11-/m0/s1. The minimum atomic E-state index is -1.03. The fourth-order valence-electron chi connectivity index (χ4n) is 2.91. The summed E-state index contributed by atoms with van der Waals surface area (Å²) in [6.07, 6.45) is 1.55. The van der Waals surface area contributed by atoms with Crippen LogP contribution in [0.4, 0.5) is 10.5 Å². The molecule has 2 aromatic rings. The van der Waals surface area contributed by atoms with Crippen LogP contribution in [0.15, 0.2) is 50.2 Å². The van der Waals surface area contributed by atoms with Crippen molar-refractivity contribution in [3.63, 3.8) is 0 Å². The Bertz CT molecular complexity index is 1140. The van der Waals surface area contributed by atoms with E-state index in [-0.39, 0.29) is 17.2 Å². The molecule has 2 amide bonds. The number of nitro groups is 1. The normalized spacial score (nSPS) is 15.6. The van der Waals surface area contributed by atoms with Gasteiger partial charge in [-0.05, 0) is 92.0 Å². The molecule has 1 fully saturated rings. The predicted octanol–water partition coefficient (Wildman–Crippen LogP) is 5.30. The number of ether oxygens (including phenoxy) is 2. The van der Waals surface area contributed by atoms with Gasteiger partial charge in [0.1, 0.15) is 18.4 Å². The minimum absolute atomic E-state index is 0.00384. The SMILES string of the molecule is COC(=O)[C@H](C)N1C(=O)S/C(=C/c2cc(Br)c(OCc3ccc([N+](=O)[O-])cc3)c(Br)c2)C1=O. The Morgan fingerprint density at radius 2 is 1.82 bits per heavy atom. The van der Waals surface area contributed by atoms with Crippen molar-refractivity contribution in [2.24, 2.45) is 0 Å². The number of carbonyl (C=O) groups excluding carboxylic acids is 3. The number of methoxy groups -OCH3 is 1. The molecule has 0 aromatic heterocycles. The number of nitrogens with zero attached hydrogens (tertiary/aromatic N) is 2. The van der Waals surface area contributed by atoms with Gasteiger partial charge in [0.05, 0.1) is 25.9 Å². The number of amides is 2. The maximum absolute atomic E-state index is 12.7. The quantitative estimate of drug-likeness (QED) is 0.182. The monoisotopic (exact) mass is 598 g/mol. The highest BCUT2D eigenvalue weighted by atomic mass is 79.9. The Kier molecular flexibility index (Phi) is 7.92. The van der Waals surface area contributed by atoms with E-state index in [1.807, 2.05) is 0 Å². The van der Waals surface area contributed by atoms with Gasteiger partial charge >= 0.3 is 5.97 Å². The third-order valence-electron chi connectivity index (χ3n) is 4.60. The molecule has 0 saturated carbocycles. The van der Waals surface area contributed by atoms with Crippen LogP contribution in [0.3, 0.4) is 0 Å². The van der Waals surface area contributed by atoms with Crippen molar-refractivity contribution < 1.29 is 28.8 Å². The highest BCUT2D eigenvalue weighted by Gasteiger charge is 2.41. The fourth-order valence-corrected chi connectivity index (χ4v) is 5.27. The van der Waals surface area contributed by atoms with Gasteiger partial charge in [-0.15, -0.1) is 0 Å². The zero-order valence-electron chi connectivity index (χ0n) is 17.2. The Morgan fingerprint density at radius 1 is 1.21 bits per heavy atom. The van der Waals surface area contributed by atoms with Gasteiger partial charge in [0, 0.05) is 12.1 Å².